The minimum atomic E-state index is -0.956. The van der Waals surface area contributed by atoms with Crippen molar-refractivity contribution in [1.82, 2.24) is 5.32 Å². The lowest BCUT2D eigenvalue weighted by atomic mass is 9.90. The monoisotopic (exact) mass is 231 g/mol. The molecule has 15 heavy (non-hydrogen) atoms. The first-order valence-corrected chi connectivity index (χ1v) is 6.00. The van der Waals surface area contributed by atoms with Crippen LogP contribution in [-0.2, 0) is 4.79 Å². The highest BCUT2D eigenvalue weighted by molar-refractivity contribution is 7.99. The number of nitrogens with two attached hydrogens (primary N) is 1. The number of amides is 1. The third-order valence-corrected chi connectivity index (χ3v) is 3.74. The molecule has 1 aliphatic heterocycles. The maximum absolute atomic E-state index is 11.8. The molecule has 0 aliphatic carbocycles. The molecule has 1 fully saturated rings. The number of carbonyl (C=O) groups is 1. The predicted molar refractivity (Wildman–Crippen MR) is 61.1 cm³/mol. The summed E-state index contributed by atoms with van der Waals surface area (Å²) in [5, 5.41) is 14.3. The summed E-state index contributed by atoms with van der Waals surface area (Å²) >= 11 is 1.82. The minimum absolute atomic E-state index is 0.0642. The summed E-state index contributed by atoms with van der Waals surface area (Å²) in [6.07, 6.45) is 0.989. The molecule has 1 saturated heterocycles. The second-order valence-electron chi connectivity index (χ2n) is 4.14. The number of nitrogens with one attached hydrogen (secondary N) is 1. The Hall–Kier alpha value is -0.910. The highest BCUT2D eigenvalue weighted by Gasteiger charge is 2.34. The van der Waals surface area contributed by atoms with E-state index in [0.29, 0.717) is 0 Å². The first-order chi connectivity index (χ1) is 6.98. The number of hydrogen-bond acceptors (Lipinski definition) is 4. The maximum Gasteiger partial charge on any atom is 0.233 e. The van der Waals surface area contributed by atoms with E-state index in [0.717, 1.165) is 17.9 Å². The number of rotatable bonds is 3. The van der Waals surface area contributed by atoms with E-state index in [4.69, 9.17) is 10.9 Å². The van der Waals surface area contributed by atoms with Crippen LogP contribution in [0.5, 0.6) is 0 Å². The van der Waals surface area contributed by atoms with Crippen LogP contribution in [0.25, 0.3) is 0 Å². The van der Waals surface area contributed by atoms with E-state index in [1.165, 1.54) is 0 Å². The molecule has 0 aromatic rings. The molecule has 0 spiro atoms. The van der Waals surface area contributed by atoms with Crippen molar-refractivity contribution < 1.29 is 10.0 Å². The van der Waals surface area contributed by atoms with Crippen molar-refractivity contribution in [3.05, 3.63) is 0 Å². The van der Waals surface area contributed by atoms with Crippen LogP contribution in [0.15, 0.2) is 5.16 Å². The predicted octanol–water partition coefficient (Wildman–Crippen LogP) is 0.381. The van der Waals surface area contributed by atoms with Crippen molar-refractivity contribution >= 4 is 23.5 Å². The molecule has 4 N–H and O–H groups in total. The molecule has 0 bridgehead atoms. The smallest absolute Gasteiger partial charge is 0.233 e. The van der Waals surface area contributed by atoms with Crippen LogP contribution in [0.2, 0.25) is 0 Å². The Morgan fingerprint density at radius 1 is 1.67 bits per heavy atom. The number of oxime groups is 1. The molecule has 1 atom stereocenters. The molecule has 1 aliphatic rings. The molecular formula is C9H17N3O2S. The molecule has 0 saturated carbocycles. The van der Waals surface area contributed by atoms with Crippen LogP contribution in [0.4, 0.5) is 0 Å². The molecule has 86 valence electrons. The van der Waals surface area contributed by atoms with Crippen molar-refractivity contribution in [2.45, 2.75) is 26.3 Å². The standard InChI is InChI=1S/C9H17N3O2S/c1-9(2,7(10)12-14)8(13)11-6-3-4-15-5-6/h6,14H,3-5H2,1-2H3,(H2,10,12)(H,11,13). The molecule has 6 heteroatoms. The van der Waals surface area contributed by atoms with Crippen molar-refractivity contribution in [3.63, 3.8) is 0 Å². The zero-order chi connectivity index (χ0) is 11.5. The fourth-order valence-corrected chi connectivity index (χ4v) is 2.41. The largest absolute Gasteiger partial charge is 0.409 e. The average molecular weight is 231 g/mol. The molecule has 1 amide bonds. The van der Waals surface area contributed by atoms with E-state index < -0.39 is 5.41 Å². The number of hydrogen-bond donors (Lipinski definition) is 3. The normalized spacial score (nSPS) is 22.8. The van der Waals surface area contributed by atoms with Gasteiger partial charge in [0.1, 0.15) is 5.41 Å². The summed E-state index contributed by atoms with van der Waals surface area (Å²) < 4.78 is 0. The van der Waals surface area contributed by atoms with Gasteiger partial charge in [-0.2, -0.15) is 11.8 Å². The van der Waals surface area contributed by atoms with Gasteiger partial charge in [0.15, 0.2) is 5.84 Å². The lowest BCUT2D eigenvalue weighted by molar-refractivity contribution is -0.126. The lowest BCUT2D eigenvalue weighted by Crippen LogP contribution is -2.49. The van der Waals surface area contributed by atoms with Gasteiger partial charge in [-0.15, -0.1) is 0 Å². The van der Waals surface area contributed by atoms with Gasteiger partial charge in [0.2, 0.25) is 5.91 Å². The Bertz CT molecular complexity index is 273. The van der Waals surface area contributed by atoms with Gasteiger partial charge in [-0.3, -0.25) is 4.79 Å². The van der Waals surface area contributed by atoms with Gasteiger partial charge >= 0.3 is 0 Å². The zero-order valence-electron chi connectivity index (χ0n) is 8.99. The van der Waals surface area contributed by atoms with Crippen molar-refractivity contribution in [1.29, 1.82) is 0 Å². The maximum atomic E-state index is 11.8. The average Bonchev–Trinajstić information content (AvgIpc) is 2.68. The summed E-state index contributed by atoms with van der Waals surface area (Å²) in [4.78, 5) is 11.8. The van der Waals surface area contributed by atoms with Crippen LogP contribution in [0.3, 0.4) is 0 Å². The van der Waals surface area contributed by atoms with Crippen LogP contribution < -0.4 is 11.1 Å². The summed E-state index contributed by atoms with van der Waals surface area (Å²) in [5.41, 5.74) is 4.50. The second kappa shape index (κ2) is 4.74. The number of thioether (sulfide) groups is 1. The van der Waals surface area contributed by atoms with Crippen molar-refractivity contribution in [2.75, 3.05) is 11.5 Å². The first kappa shape index (κ1) is 12.2. The van der Waals surface area contributed by atoms with Crippen molar-refractivity contribution in [3.8, 4) is 0 Å². The quantitative estimate of drug-likeness (QED) is 0.283. The summed E-state index contributed by atoms with van der Waals surface area (Å²) in [7, 11) is 0. The van der Waals surface area contributed by atoms with E-state index in [9.17, 15) is 4.79 Å². The number of nitrogens with zero attached hydrogens (tertiary/aromatic N) is 1. The molecular weight excluding hydrogens is 214 g/mol. The van der Waals surface area contributed by atoms with E-state index in [1.807, 2.05) is 11.8 Å². The fraction of sp³-hybridized carbons (Fsp3) is 0.778. The SMILES string of the molecule is CC(C)(C(=O)NC1CCSC1)C(N)=NO. The van der Waals surface area contributed by atoms with Crippen molar-refractivity contribution in [2.24, 2.45) is 16.3 Å². The zero-order valence-corrected chi connectivity index (χ0v) is 9.80. The molecule has 0 aromatic carbocycles. The van der Waals surface area contributed by atoms with Crippen LogP contribution >= 0.6 is 11.8 Å². The summed E-state index contributed by atoms with van der Waals surface area (Å²) in [6.45, 7) is 3.28. The molecule has 1 heterocycles. The molecule has 1 rings (SSSR count). The Morgan fingerprint density at radius 3 is 2.80 bits per heavy atom. The van der Waals surface area contributed by atoms with Gasteiger partial charge in [0.25, 0.3) is 0 Å². The Kier molecular flexibility index (Phi) is 3.84. The highest BCUT2D eigenvalue weighted by atomic mass is 32.2. The van der Waals surface area contributed by atoms with Crippen LogP contribution in [0.1, 0.15) is 20.3 Å². The van der Waals surface area contributed by atoms with Gasteiger partial charge in [-0.25, -0.2) is 0 Å². The van der Waals surface area contributed by atoms with E-state index in [-0.39, 0.29) is 17.8 Å². The van der Waals surface area contributed by atoms with Gasteiger partial charge in [-0.05, 0) is 26.0 Å². The van der Waals surface area contributed by atoms with Gasteiger partial charge in [-0.1, -0.05) is 5.16 Å². The fourth-order valence-electron chi connectivity index (χ4n) is 1.26. The molecule has 0 radical (unpaired) electrons. The second-order valence-corrected chi connectivity index (χ2v) is 5.29. The Balaban J connectivity index is 2.58. The first-order valence-electron chi connectivity index (χ1n) is 4.85. The van der Waals surface area contributed by atoms with Crippen LogP contribution in [0, 0.1) is 5.41 Å². The minimum Gasteiger partial charge on any atom is -0.409 e. The molecule has 1 unspecified atom stereocenters. The van der Waals surface area contributed by atoms with Gasteiger partial charge in [0, 0.05) is 11.8 Å². The van der Waals surface area contributed by atoms with Gasteiger partial charge in [0.05, 0.1) is 0 Å². The third-order valence-electron chi connectivity index (χ3n) is 2.58. The summed E-state index contributed by atoms with van der Waals surface area (Å²) in [5.74, 6) is 1.77. The van der Waals surface area contributed by atoms with E-state index >= 15 is 0 Å². The van der Waals surface area contributed by atoms with Gasteiger partial charge < -0.3 is 16.3 Å². The highest BCUT2D eigenvalue weighted by Crippen LogP contribution is 2.20. The molecule has 0 aromatic heterocycles. The van der Waals surface area contributed by atoms with Crippen LogP contribution in [-0.4, -0.2) is 34.5 Å². The Morgan fingerprint density at radius 2 is 2.33 bits per heavy atom. The molecule has 5 nitrogen and oxygen atoms in total. The summed E-state index contributed by atoms with van der Waals surface area (Å²) in [6, 6.07) is 0.216. The topological polar surface area (TPSA) is 87.7 Å². The lowest BCUT2D eigenvalue weighted by Gasteiger charge is -2.24. The Labute approximate surface area is 93.5 Å². The van der Waals surface area contributed by atoms with E-state index in [2.05, 4.69) is 10.5 Å². The number of amidine groups is 1. The number of carbonyl (C=O) groups excluding carboxylic acids is 1. The third kappa shape index (κ3) is 2.77. The van der Waals surface area contributed by atoms with E-state index in [1.54, 1.807) is 13.8 Å².